The Hall–Kier alpha value is -1.20. The van der Waals surface area contributed by atoms with E-state index < -0.39 is 34.6 Å². The van der Waals surface area contributed by atoms with Crippen molar-refractivity contribution in [3.63, 3.8) is 0 Å². The van der Waals surface area contributed by atoms with E-state index in [0.29, 0.717) is 15.9 Å². The molecule has 1 unspecified atom stereocenters. The number of aliphatic hydroxyl groups is 4. The first kappa shape index (κ1) is 17.6. The molecular weight excluding hydrogens is 410 g/mol. The van der Waals surface area contributed by atoms with Gasteiger partial charge >= 0.3 is 5.97 Å². The van der Waals surface area contributed by atoms with E-state index in [1.165, 1.54) is 6.07 Å². The number of carboxylic acids is 1. The molecule has 1 aliphatic heterocycles. The zero-order valence-corrected chi connectivity index (χ0v) is 14.2. The molecule has 3 rings (SSSR count). The van der Waals surface area contributed by atoms with Crippen molar-refractivity contribution in [1.29, 1.82) is 0 Å². The number of hydrogen-bond acceptors (Lipinski definition) is 6. The third-order valence-corrected chi connectivity index (χ3v) is 5.57. The predicted octanol–water partition coefficient (Wildman–Crippen LogP) is 0.255. The lowest BCUT2D eigenvalue weighted by molar-refractivity contribution is -0.326. The Morgan fingerprint density at radius 1 is 1.33 bits per heavy atom. The van der Waals surface area contributed by atoms with Gasteiger partial charge in [-0.15, -0.1) is 0 Å². The number of ether oxygens (including phenoxy) is 1. The molecule has 8 nitrogen and oxygen atoms in total. The van der Waals surface area contributed by atoms with Crippen molar-refractivity contribution in [2.45, 2.75) is 28.6 Å². The largest absolute Gasteiger partial charge is 0.478 e. The fraction of sp³-hybridized carbons (Fsp3) is 0.357. The number of aliphatic hydroxyl groups excluding tert-OH is 3. The van der Waals surface area contributed by atoms with Gasteiger partial charge in [-0.05, 0) is 34.1 Å². The van der Waals surface area contributed by atoms with Crippen LogP contribution in [0.1, 0.15) is 5.69 Å². The number of nitrogens with one attached hydrogen (secondary N) is 1. The number of aliphatic carboxylic acids is 1. The molecule has 0 saturated carbocycles. The van der Waals surface area contributed by atoms with Gasteiger partial charge in [-0.2, -0.15) is 0 Å². The van der Waals surface area contributed by atoms with E-state index in [4.69, 9.17) is 16.3 Å². The molecule has 2 heterocycles. The van der Waals surface area contributed by atoms with Crippen LogP contribution in [0.2, 0.25) is 5.02 Å². The van der Waals surface area contributed by atoms with Crippen LogP contribution < -0.4 is 0 Å². The fourth-order valence-corrected chi connectivity index (χ4v) is 3.66. The second kappa shape index (κ2) is 5.67. The van der Waals surface area contributed by atoms with Crippen LogP contribution in [-0.2, 0) is 15.1 Å². The number of fused-ring (bicyclic) bond motifs is 1. The molecular formula is C14H13BrClNO7. The highest BCUT2D eigenvalue weighted by Gasteiger charge is 2.68. The van der Waals surface area contributed by atoms with E-state index in [2.05, 4.69) is 20.9 Å². The number of hydrogen-bond donors (Lipinski definition) is 6. The average molecular weight is 423 g/mol. The third-order valence-electron chi connectivity index (χ3n) is 4.11. The second-order valence-corrected chi connectivity index (χ2v) is 7.02. The Balaban J connectivity index is 2.25. The number of aromatic nitrogens is 1. The Labute approximate surface area is 148 Å². The highest BCUT2D eigenvalue weighted by atomic mass is 79.9. The molecule has 24 heavy (non-hydrogen) atoms. The number of aromatic amines is 1. The SMILES string of the molecule is O=C(O)[C@@]1(Br)OC(O)[C@H](O)[C@@H](O)[C@@]1(O)c1cc2c(Cl)cccc2[nH]1. The summed E-state index contributed by atoms with van der Waals surface area (Å²) in [6.45, 7) is 0. The number of halogens is 2. The van der Waals surface area contributed by atoms with Crippen LogP contribution in [0, 0.1) is 0 Å². The van der Waals surface area contributed by atoms with Gasteiger partial charge in [0.05, 0.1) is 5.69 Å². The highest BCUT2D eigenvalue weighted by Crippen LogP contribution is 2.49. The van der Waals surface area contributed by atoms with E-state index in [0.717, 1.165) is 0 Å². The first-order chi connectivity index (χ1) is 11.1. The normalized spacial score (nSPS) is 36.8. The van der Waals surface area contributed by atoms with E-state index in [9.17, 15) is 30.3 Å². The molecule has 1 fully saturated rings. The summed E-state index contributed by atoms with van der Waals surface area (Å²) in [6, 6.07) is 6.20. The lowest BCUT2D eigenvalue weighted by Crippen LogP contribution is -2.70. The van der Waals surface area contributed by atoms with Gasteiger partial charge in [-0.25, -0.2) is 4.79 Å². The molecule has 2 aromatic rings. The molecule has 0 aliphatic carbocycles. The Morgan fingerprint density at radius 2 is 2.00 bits per heavy atom. The van der Waals surface area contributed by atoms with Crippen LogP contribution in [0.4, 0.5) is 0 Å². The van der Waals surface area contributed by atoms with E-state index in [-0.39, 0.29) is 5.69 Å². The summed E-state index contributed by atoms with van der Waals surface area (Å²) in [5.74, 6) is -1.71. The molecule has 10 heteroatoms. The smallest absolute Gasteiger partial charge is 0.351 e. The van der Waals surface area contributed by atoms with Crippen LogP contribution in [-0.4, -0.2) is 59.5 Å². The van der Waals surface area contributed by atoms with Crippen molar-refractivity contribution in [2.24, 2.45) is 0 Å². The first-order valence-electron chi connectivity index (χ1n) is 6.77. The molecule has 130 valence electrons. The van der Waals surface area contributed by atoms with Gasteiger partial charge in [0.15, 0.2) is 11.9 Å². The van der Waals surface area contributed by atoms with Gasteiger partial charge in [0.25, 0.3) is 4.51 Å². The van der Waals surface area contributed by atoms with Crippen molar-refractivity contribution in [1.82, 2.24) is 4.98 Å². The van der Waals surface area contributed by atoms with Crippen LogP contribution in [0.15, 0.2) is 24.3 Å². The topological polar surface area (TPSA) is 143 Å². The summed E-state index contributed by atoms with van der Waals surface area (Å²) in [4.78, 5) is 14.4. The maximum Gasteiger partial charge on any atom is 0.351 e. The van der Waals surface area contributed by atoms with Gasteiger partial charge in [0, 0.05) is 15.9 Å². The summed E-state index contributed by atoms with van der Waals surface area (Å²) in [7, 11) is 0. The second-order valence-electron chi connectivity index (χ2n) is 5.49. The fourth-order valence-electron chi connectivity index (χ4n) is 2.79. The number of carbonyl (C=O) groups is 1. The molecule has 1 aliphatic rings. The van der Waals surface area contributed by atoms with Gasteiger partial charge in [-0.1, -0.05) is 17.7 Å². The lowest BCUT2D eigenvalue weighted by atomic mass is 9.81. The summed E-state index contributed by atoms with van der Waals surface area (Å²) < 4.78 is 2.25. The monoisotopic (exact) mass is 421 g/mol. The molecule has 0 spiro atoms. The number of carboxylic acid groups (broad SMARTS) is 1. The van der Waals surface area contributed by atoms with E-state index >= 15 is 0 Å². The Morgan fingerprint density at radius 3 is 2.58 bits per heavy atom. The standard InChI is InChI=1S/C14H13BrClNO7/c15-14(12(21)22)13(23,10(19)9(18)11(20)24-14)8-4-5-6(16)2-1-3-7(5)17-8/h1-4,9-11,17-20,23H,(H,21,22)/t9-,10-,11?,13+,14-/m1/s1. The van der Waals surface area contributed by atoms with Crippen molar-refractivity contribution in [3.8, 4) is 0 Å². The van der Waals surface area contributed by atoms with Crippen LogP contribution in [0.25, 0.3) is 10.9 Å². The summed E-state index contributed by atoms with van der Waals surface area (Å²) in [5.41, 5.74) is -2.35. The van der Waals surface area contributed by atoms with Crippen LogP contribution >= 0.6 is 27.5 Å². The van der Waals surface area contributed by atoms with Crippen molar-refractivity contribution < 1.29 is 35.1 Å². The lowest BCUT2D eigenvalue weighted by Gasteiger charge is -2.49. The minimum Gasteiger partial charge on any atom is -0.478 e. The maximum absolute atomic E-state index is 11.7. The average Bonchev–Trinajstić information content (AvgIpc) is 2.97. The Kier molecular flexibility index (Phi) is 4.16. The minimum atomic E-state index is -2.65. The third kappa shape index (κ3) is 2.21. The molecule has 5 atom stereocenters. The van der Waals surface area contributed by atoms with Crippen LogP contribution in [0.5, 0.6) is 0 Å². The number of benzene rings is 1. The first-order valence-corrected chi connectivity index (χ1v) is 7.94. The molecule has 0 amide bonds. The summed E-state index contributed by atoms with van der Waals surface area (Å²) >= 11 is 8.81. The van der Waals surface area contributed by atoms with E-state index in [1.54, 1.807) is 18.2 Å². The van der Waals surface area contributed by atoms with Crippen molar-refractivity contribution >= 4 is 44.4 Å². The quantitative estimate of drug-likeness (QED) is 0.381. The highest BCUT2D eigenvalue weighted by molar-refractivity contribution is 9.10. The summed E-state index contributed by atoms with van der Waals surface area (Å²) in [6.07, 6.45) is -6.05. The molecule has 0 radical (unpaired) electrons. The molecule has 6 N–H and O–H groups in total. The molecule has 1 aromatic heterocycles. The molecule has 0 bridgehead atoms. The molecule has 1 saturated heterocycles. The number of rotatable bonds is 2. The predicted molar refractivity (Wildman–Crippen MR) is 85.6 cm³/mol. The zero-order chi connectivity index (χ0) is 17.9. The number of alkyl halides is 1. The van der Waals surface area contributed by atoms with Crippen molar-refractivity contribution in [2.75, 3.05) is 0 Å². The maximum atomic E-state index is 11.7. The van der Waals surface area contributed by atoms with E-state index in [1.807, 2.05) is 0 Å². The van der Waals surface area contributed by atoms with Gasteiger partial charge in [-0.3, -0.25) is 0 Å². The Bertz CT molecular complexity index is 814. The zero-order valence-electron chi connectivity index (χ0n) is 11.8. The summed E-state index contributed by atoms with van der Waals surface area (Å²) in [5, 5.41) is 51.1. The minimum absolute atomic E-state index is 0.164. The van der Waals surface area contributed by atoms with Gasteiger partial charge in [0.2, 0.25) is 0 Å². The van der Waals surface area contributed by atoms with Gasteiger partial charge < -0.3 is 35.3 Å². The number of H-pyrrole nitrogens is 1. The molecule has 1 aromatic carbocycles. The van der Waals surface area contributed by atoms with Crippen LogP contribution in [0.3, 0.4) is 0 Å². The van der Waals surface area contributed by atoms with Gasteiger partial charge in [0.1, 0.15) is 12.2 Å². The van der Waals surface area contributed by atoms with Crippen molar-refractivity contribution in [3.05, 3.63) is 35.0 Å².